The van der Waals surface area contributed by atoms with E-state index in [1.165, 1.54) is 6.33 Å². The number of hydrogen-bond donors (Lipinski definition) is 4. The van der Waals surface area contributed by atoms with Crippen LogP contribution in [0.3, 0.4) is 0 Å². The van der Waals surface area contributed by atoms with E-state index in [4.69, 9.17) is 11.6 Å². The van der Waals surface area contributed by atoms with E-state index in [0.29, 0.717) is 16.4 Å². The average molecular weight is 407 g/mol. The third-order valence-electron chi connectivity index (χ3n) is 4.60. The molecule has 4 N–H and O–H groups in total. The molecule has 0 radical (unpaired) electrons. The van der Waals surface area contributed by atoms with Crippen LogP contribution in [-0.2, 0) is 0 Å². The first-order valence-electron chi connectivity index (χ1n) is 9.00. The maximum atomic E-state index is 12.1. The number of benzene rings is 2. The fraction of sp³-hybridized carbons (Fsp3) is 0.0952. The fourth-order valence-corrected chi connectivity index (χ4v) is 3.12. The molecule has 0 saturated heterocycles. The predicted molar refractivity (Wildman–Crippen MR) is 117 cm³/mol. The summed E-state index contributed by atoms with van der Waals surface area (Å²) >= 11 is 5.85. The van der Waals surface area contributed by atoms with Crippen LogP contribution in [-0.4, -0.2) is 21.0 Å². The van der Waals surface area contributed by atoms with Crippen LogP contribution in [0.25, 0.3) is 11.0 Å². The Morgan fingerprint density at radius 2 is 1.48 bits per heavy atom. The number of aromatic nitrogens is 3. The minimum atomic E-state index is -0.330. The second-order valence-electron chi connectivity index (χ2n) is 6.61. The summed E-state index contributed by atoms with van der Waals surface area (Å²) in [7, 11) is 0. The SMILES string of the molecule is Cc1[nH]c2ncnc(Nc3ccc(NC(=O)Nc4ccc(Cl)cc4)cc3)c2c1C. The van der Waals surface area contributed by atoms with Crippen LogP contribution in [0.1, 0.15) is 11.3 Å². The van der Waals surface area contributed by atoms with Gasteiger partial charge in [-0.2, -0.15) is 0 Å². The summed E-state index contributed by atoms with van der Waals surface area (Å²) in [6.45, 7) is 4.05. The number of aryl methyl sites for hydroxylation is 2. The maximum Gasteiger partial charge on any atom is 0.323 e. The lowest BCUT2D eigenvalue weighted by Crippen LogP contribution is -2.19. The van der Waals surface area contributed by atoms with Crippen LogP contribution in [0.4, 0.5) is 27.7 Å². The van der Waals surface area contributed by atoms with Crippen LogP contribution in [0.2, 0.25) is 5.02 Å². The molecule has 146 valence electrons. The summed E-state index contributed by atoms with van der Waals surface area (Å²) in [5, 5.41) is 10.5. The Kier molecular flexibility index (Phi) is 5.05. The molecule has 8 heteroatoms. The van der Waals surface area contributed by atoms with Crippen molar-refractivity contribution in [2.75, 3.05) is 16.0 Å². The van der Waals surface area contributed by atoms with Crippen molar-refractivity contribution < 1.29 is 4.79 Å². The molecule has 4 aromatic rings. The number of amides is 2. The second-order valence-corrected chi connectivity index (χ2v) is 7.05. The van der Waals surface area contributed by atoms with E-state index in [-0.39, 0.29) is 6.03 Å². The van der Waals surface area contributed by atoms with Crippen LogP contribution in [0.15, 0.2) is 54.9 Å². The van der Waals surface area contributed by atoms with Crippen molar-refractivity contribution >= 4 is 51.5 Å². The smallest absolute Gasteiger partial charge is 0.323 e. The Hall–Kier alpha value is -3.58. The molecule has 4 rings (SSSR count). The Morgan fingerprint density at radius 1 is 0.897 bits per heavy atom. The lowest BCUT2D eigenvalue weighted by molar-refractivity contribution is 0.262. The number of halogens is 1. The summed E-state index contributed by atoms with van der Waals surface area (Å²) in [6, 6.07) is 14.0. The number of carbonyl (C=O) groups excluding carboxylic acids is 1. The largest absolute Gasteiger partial charge is 0.343 e. The lowest BCUT2D eigenvalue weighted by Gasteiger charge is -2.10. The summed E-state index contributed by atoms with van der Waals surface area (Å²) in [5.74, 6) is 0.734. The summed E-state index contributed by atoms with van der Waals surface area (Å²) in [6.07, 6.45) is 1.52. The van der Waals surface area contributed by atoms with Gasteiger partial charge in [-0.1, -0.05) is 11.6 Å². The number of carbonyl (C=O) groups is 1. The van der Waals surface area contributed by atoms with Gasteiger partial charge in [-0.15, -0.1) is 0 Å². The highest BCUT2D eigenvalue weighted by Crippen LogP contribution is 2.28. The molecule has 0 atom stereocenters. The molecular weight excluding hydrogens is 388 g/mol. The number of aromatic amines is 1. The normalized spacial score (nSPS) is 10.7. The van der Waals surface area contributed by atoms with E-state index in [2.05, 4.69) is 30.9 Å². The topological polar surface area (TPSA) is 94.7 Å². The number of urea groups is 1. The minimum absolute atomic E-state index is 0.330. The van der Waals surface area contributed by atoms with Gasteiger partial charge < -0.3 is 20.9 Å². The highest BCUT2D eigenvalue weighted by molar-refractivity contribution is 6.30. The number of anilines is 4. The van der Waals surface area contributed by atoms with Crippen molar-refractivity contribution in [3.8, 4) is 0 Å². The molecule has 0 unspecified atom stereocenters. The summed E-state index contributed by atoms with van der Waals surface area (Å²) < 4.78 is 0. The molecule has 2 aromatic carbocycles. The van der Waals surface area contributed by atoms with Gasteiger partial charge >= 0.3 is 6.03 Å². The Labute approximate surface area is 172 Å². The number of H-pyrrole nitrogens is 1. The number of hydrogen-bond acceptors (Lipinski definition) is 4. The molecule has 0 spiro atoms. The molecule has 29 heavy (non-hydrogen) atoms. The van der Waals surface area contributed by atoms with Gasteiger partial charge in [0.25, 0.3) is 0 Å². The van der Waals surface area contributed by atoms with E-state index >= 15 is 0 Å². The molecular formula is C21H19ClN6O. The molecule has 0 bridgehead atoms. The van der Waals surface area contributed by atoms with Gasteiger partial charge in [0, 0.05) is 27.8 Å². The summed E-state index contributed by atoms with van der Waals surface area (Å²) in [5.41, 5.74) is 5.16. The average Bonchev–Trinajstić information content (AvgIpc) is 3.00. The number of rotatable bonds is 4. The molecule has 2 heterocycles. The van der Waals surface area contributed by atoms with Crippen molar-refractivity contribution in [3.63, 3.8) is 0 Å². The standard InChI is InChI=1S/C21H19ClN6O/c1-12-13(2)25-19-18(12)20(24-11-23-19)26-15-7-9-17(10-8-15)28-21(29)27-16-5-3-14(22)4-6-16/h3-11H,1-2H3,(H2,27,28,29)(H2,23,24,25,26). The van der Waals surface area contributed by atoms with Crippen molar-refractivity contribution in [1.82, 2.24) is 15.0 Å². The van der Waals surface area contributed by atoms with Gasteiger partial charge in [0.15, 0.2) is 0 Å². The third kappa shape index (κ3) is 4.14. The summed E-state index contributed by atoms with van der Waals surface area (Å²) in [4.78, 5) is 24.0. The van der Waals surface area contributed by atoms with Gasteiger partial charge in [-0.3, -0.25) is 0 Å². The van der Waals surface area contributed by atoms with E-state index in [1.54, 1.807) is 24.3 Å². The number of nitrogens with one attached hydrogen (secondary N) is 4. The molecule has 7 nitrogen and oxygen atoms in total. The highest BCUT2D eigenvalue weighted by Gasteiger charge is 2.11. The van der Waals surface area contributed by atoms with Crippen LogP contribution in [0, 0.1) is 13.8 Å². The fourth-order valence-electron chi connectivity index (χ4n) is 2.99. The van der Waals surface area contributed by atoms with Gasteiger partial charge in [-0.25, -0.2) is 14.8 Å². The Morgan fingerprint density at radius 3 is 2.14 bits per heavy atom. The quantitative estimate of drug-likeness (QED) is 0.354. The van der Waals surface area contributed by atoms with Crippen molar-refractivity contribution in [2.24, 2.45) is 0 Å². The van der Waals surface area contributed by atoms with Crippen molar-refractivity contribution in [2.45, 2.75) is 13.8 Å². The van der Waals surface area contributed by atoms with Crippen molar-refractivity contribution in [3.05, 3.63) is 71.1 Å². The van der Waals surface area contributed by atoms with E-state index < -0.39 is 0 Å². The van der Waals surface area contributed by atoms with E-state index in [0.717, 1.165) is 33.8 Å². The molecule has 2 aromatic heterocycles. The number of nitrogens with zero attached hydrogens (tertiary/aromatic N) is 2. The predicted octanol–water partition coefficient (Wildman–Crippen LogP) is 5.62. The van der Waals surface area contributed by atoms with Crippen LogP contribution >= 0.6 is 11.6 Å². The first kappa shape index (κ1) is 18.8. The molecule has 2 amide bonds. The third-order valence-corrected chi connectivity index (χ3v) is 4.85. The zero-order valence-electron chi connectivity index (χ0n) is 15.9. The van der Waals surface area contributed by atoms with Crippen LogP contribution < -0.4 is 16.0 Å². The monoisotopic (exact) mass is 406 g/mol. The maximum absolute atomic E-state index is 12.1. The van der Waals surface area contributed by atoms with Gasteiger partial charge in [-0.05, 0) is 67.9 Å². The van der Waals surface area contributed by atoms with E-state index in [9.17, 15) is 4.79 Å². The molecule has 0 fully saturated rings. The molecule has 0 aliphatic carbocycles. The minimum Gasteiger partial charge on any atom is -0.343 e. The van der Waals surface area contributed by atoms with Crippen molar-refractivity contribution in [1.29, 1.82) is 0 Å². The van der Waals surface area contributed by atoms with E-state index in [1.807, 2.05) is 38.1 Å². The van der Waals surface area contributed by atoms with Gasteiger partial charge in [0.2, 0.25) is 0 Å². The zero-order chi connectivity index (χ0) is 20.4. The Bertz CT molecular complexity index is 1170. The highest BCUT2D eigenvalue weighted by atomic mass is 35.5. The molecule has 0 aliphatic rings. The van der Waals surface area contributed by atoms with Gasteiger partial charge in [0.1, 0.15) is 17.8 Å². The van der Waals surface area contributed by atoms with Gasteiger partial charge in [0.05, 0.1) is 5.39 Å². The zero-order valence-corrected chi connectivity index (χ0v) is 16.6. The Balaban J connectivity index is 1.44. The second kappa shape index (κ2) is 7.81. The van der Waals surface area contributed by atoms with Crippen LogP contribution in [0.5, 0.6) is 0 Å². The number of fused-ring (bicyclic) bond motifs is 1. The first-order valence-corrected chi connectivity index (χ1v) is 9.38. The molecule has 0 aliphatic heterocycles. The first-order chi connectivity index (χ1) is 14.0. The lowest BCUT2D eigenvalue weighted by atomic mass is 10.2. The molecule has 0 saturated carbocycles.